The smallest absolute Gasteiger partial charge is 0.302 e. The zero-order valence-electron chi connectivity index (χ0n) is 13.8. The minimum Gasteiger partial charge on any atom is -0.326 e. The summed E-state index contributed by atoms with van der Waals surface area (Å²) in [5.41, 5.74) is 7.34. The summed E-state index contributed by atoms with van der Waals surface area (Å²) in [6, 6.07) is 7.85. The second kappa shape index (κ2) is 8.89. The van der Waals surface area contributed by atoms with Crippen molar-refractivity contribution in [1.82, 2.24) is 5.32 Å². The third kappa shape index (κ3) is 4.84. The van der Waals surface area contributed by atoms with Crippen molar-refractivity contribution in [2.24, 2.45) is 5.73 Å². The van der Waals surface area contributed by atoms with Crippen LogP contribution in [-0.4, -0.2) is 20.8 Å². The zero-order valence-corrected chi connectivity index (χ0v) is 14.6. The molecule has 1 aromatic carbocycles. The molecule has 1 fully saturated rings. The lowest BCUT2D eigenvalue weighted by Gasteiger charge is -2.43. The standard InChI is InChI=1S/C17H28N2O3S/c1-2-12-19-17(10-4-3-5-11-17)16(22-23(20)21)15-8-6-14(13-18)7-9-15/h6-9,16,19H,2-5,10-13,18H2,1H3,(H,20,21). The molecule has 23 heavy (non-hydrogen) atoms. The second-order valence-corrected chi connectivity index (χ2v) is 6.91. The van der Waals surface area contributed by atoms with Crippen molar-refractivity contribution < 1.29 is 12.9 Å². The van der Waals surface area contributed by atoms with Gasteiger partial charge in [0.2, 0.25) is 0 Å². The lowest BCUT2D eigenvalue weighted by atomic mass is 9.75. The quantitative estimate of drug-likeness (QED) is 0.633. The number of nitrogens with two attached hydrogens (primary N) is 1. The highest BCUT2D eigenvalue weighted by Gasteiger charge is 2.42. The van der Waals surface area contributed by atoms with E-state index in [-0.39, 0.29) is 5.54 Å². The van der Waals surface area contributed by atoms with Crippen LogP contribution in [0.4, 0.5) is 0 Å². The van der Waals surface area contributed by atoms with Gasteiger partial charge in [0.1, 0.15) is 6.10 Å². The largest absolute Gasteiger partial charge is 0.326 e. The van der Waals surface area contributed by atoms with E-state index in [1.54, 1.807) is 0 Å². The highest BCUT2D eigenvalue weighted by molar-refractivity contribution is 7.74. The molecule has 5 nitrogen and oxygen atoms in total. The SMILES string of the molecule is CCCNC1(C(OS(=O)O)c2ccc(CN)cc2)CCCCC1. The van der Waals surface area contributed by atoms with Gasteiger partial charge in [-0.05, 0) is 36.9 Å². The fourth-order valence-corrected chi connectivity index (χ4v) is 3.93. The van der Waals surface area contributed by atoms with Crippen LogP contribution in [0.15, 0.2) is 24.3 Å². The summed E-state index contributed by atoms with van der Waals surface area (Å²) in [7, 11) is 0. The molecule has 0 radical (unpaired) electrons. The van der Waals surface area contributed by atoms with E-state index >= 15 is 0 Å². The van der Waals surface area contributed by atoms with Gasteiger partial charge in [0.05, 0.1) is 5.54 Å². The van der Waals surface area contributed by atoms with Crippen LogP contribution in [-0.2, 0) is 22.1 Å². The van der Waals surface area contributed by atoms with Crippen molar-refractivity contribution in [3.8, 4) is 0 Å². The molecule has 1 saturated carbocycles. The van der Waals surface area contributed by atoms with E-state index in [2.05, 4.69) is 12.2 Å². The molecule has 0 amide bonds. The van der Waals surface area contributed by atoms with E-state index in [1.165, 1.54) is 6.42 Å². The molecule has 1 aliphatic rings. The maximum absolute atomic E-state index is 11.4. The van der Waals surface area contributed by atoms with Gasteiger partial charge in [-0.1, -0.05) is 50.5 Å². The maximum Gasteiger partial charge on any atom is 0.302 e. The van der Waals surface area contributed by atoms with Crippen molar-refractivity contribution in [2.75, 3.05) is 6.54 Å². The Kier molecular flexibility index (Phi) is 7.17. The summed E-state index contributed by atoms with van der Waals surface area (Å²) in [5, 5.41) is 3.62. The molecule has 2 rings (SSSR count). The Morgan fingerprint density at radius 2 is 1.96 bits per heavy atom. The lowest BCUT2D eigenvalue weighted by Crippen LogP contribution is -2.52. The molecule has 0 saturated heterocycles. The first kappa shape index (κ1) is 18.5. The molecule has 6 heteroatoms. The van der Waals surface area contributed by atoms with Gasteiger partial charge < -0.3 is 11.1 Å². The predicted octanol–water partition coefficient (Wildman–Crippen LogP) is 3.04. The summed E-state index contributed by atoms with van der Waals surface area (Å²) in [6.45, 7) is 3.48. The van der Waals surface area contributed by atoms with Crippen LogP contribution in [0.1, 0.15) is 62.7 Å². The second-order valence-electron chi connectivity index (χ2n) is 6.28. The van der Waals surface area contributed by atoms with E-state index in [1.807, 2.05) is 24.3 Å². The number of rotatable bonds is 8. The van der Waals surface area contributed by atoms with Crippen LogP contribution in [0.2, 0.25) is 0 Å². The van der Waals surface area contributed by atoms with E-state index < -0.39 is 17.5 Å². The Bertz CT molecular complexity index is 501. The summed E-state index contributed by atoms with van der Waals surface area (Å²) in [6.07, 6.45) is 5.90. The maximum atomic E-state index is 11.4. The van der Waals surface area contributed by atoms with Gasteiger partial charge in [-0.25, -0.2) is 0 Å². The first-order chi connectivity index (χ1) is 11.1. The van der Waals surface area contributed by atoms with Gasteiger partial charge in [0.25, 0.3) is 0 Å². The van der Waals surface area contributed by atoms with Gasteiger partial charge in [0, 0.05) is 6.54 Å². The summed E-state index contributed by atoms with van der Waals surface area (Å²) < 4.78 is 26.2. The van der Waals surface area contributed by atoms with E-state index in [9.17, 15) is 8.76 Å². The summed E-state index contributed by atoms with van der Waals surface area (Å²) in [5.74, 6) is 0. The van der Waals surface area contributed by atoms with Crippen LogP contribution >= 0.6 is 0 Å². The third-order valence-electron chi connectivity index (χ3n) is 4.67. The number of hydrogen-bond donors (Lipinski definition) is 3. The Labute approximate surface area is 141 Å². The zero-order chi connectivity index (χ0) is 16.7. The third-order valence-corrected chi connectivity index (χ3v) is 5.03. The van der Waals surface area contributed by atoms with Crippen molar-refractivity contribution >= 4 is 11.4 Å². The average molecular weight is 340 g/mol. The summed E-state index contributed by atoms with van der Waals surface area (Å²) in [4.78, 5) is 0. The molecule has 2 unspecified atom stereocenters. The van der Waals surface area contributed by atoms with Crippen LogP contribution in [0.3, 0.4) is 0 Å². The average Bonchev–Trinajstić information content (AvgIpc) is 2.59. The van der Waals surface area contributed by atoms with Gasteiger partial charge in [0.15, 0.2) is 0 Å². The first-order valence-corrected chi connectivity index (χ1v) is 9.46. The fourth-order valence-electron chi connectivity index (χ4n) is 3.47. The molecule has 0 bridgehead atoms. The first-order valence-electron chi connectivity index (χ1n) is 8.43. The Morgan fingerprint density at radius 1 is 1.30 bits per heavy atom. The fraction of sp³-hybridized carbons (Fsp3) is 0.647. The van der Waals surface area contributed by atoms with Gasteiger partial charge in [-0.3, -0.25) is 8.74 Å². The molecule has 2 atom stereocenters. The Hall–Kier alpha value is -0.790. The molecule has 0 spiro atoms. The highest BCUT2D eigenvalue weighted by atomic mass is 32.2. The van der Waals surface area contributed by atoms with E-state index in [4.69, 9.17) is 9.92 Å². The molecule has 130 valence electrons. The molecular weight excluding hydrogens is 312 g/mol. The topological polar surface area (TPSA) is 84.6 Å². The van der Waals surface area contributed by atoms with Crippen LogP contribution in [0.25, 0.3) is 0 Å². The number of nitrogens with one attached hydrogen (secondary N) is 1. The molecule has 4 N–H and O–H groups in total. The molecule has 1 aromatic rings. The van der Waals surface area contributed by atoms with Crippen molar-refractivity contribution in [3.63, 3.8) is 0 Å². The van der Waals surface area contributed by atoms with Gasteiger partial charge in [-0.15, -0.1) is 0 Å². The molecule has 1 aliphatic carbocycles. The molecular formula is C17H28N2O3S. The Morgan fingerprint density at radius 3 is 2.48 bits per heavy atom. The van der Waals surface area contributed by atoms with E-state index in [0.29, 0.717) is 6.54 Å². The predicted molar refractivity (Wildman–Crippen MR) is 93.0 cm³/mol. The molecule has 0 heterocycles. The van der Waals surface area contributed by atoms with Crippen LogP contribution in [0, 0.1) is 0 Å². The summed E-state index contributed by atoms with van der Waals surface area (Å²) >= 11 is -2.30. The van der Waals surface area contributed by atoms with Crippen LogP contribution < -0.4 is 11.1 Å². The Balaban J connectivity index is 2.33. The van der Waals surface area contributed by atoms with Gasteiger partial charge in [-0.2, -0.15) is 4.21 Å². The monoisotopic (exact) mass is 340 g/mol. The number of benzene rings is 1. The van der Waals surface area contributed by atoms with Crippen molar-refractivity contribution in [1.29, 1.82) is 0 Å². The van der Waals surface area contributed by atoms with Gasteiger partial charge >= 0.3 is 11.4 Å². The normalized spacial score (nSPS) is 20.1. The minimum absolute atomic E-state index is 0.281. The number of hydrogen-bond acceptors (Lipinski definition) is 4. The van der Waals surface area contributed by atoms with Crippen molar-refractivity contribution in [3.05, 3.63) is 35.4 Å². The van der Waals surface area contributed by atoms with E-state index in [0.717, 1.165) is 49.8 Å². The molecule has 0 aliphatic heterocycles. The van der Waals surface area contributed by atoms with Crippen molar-refractivity contribution in [2.45, 2.75) is 63.6 Å². The van der Waals surface area contributed by atoms with Crippen LogP contribution in [0.5, 0.6) is 0 Å². The molecule has 0 aromatic heterocycles. The lowest BCUT2D eigenvalue weighted by molar-refractivity contribution is 0.0549. The minimum atomic E-state index is -2.30. The highest BCUT2D eigenvalue weighted by Crippen LogP contribution is 2.41.